The van der Waals surface area contributed by atoms with E-state index < -0.39 is 11.7 Å². The van der Waals surface area contributed by atoms with Crippen molar-refractivity contribution >= 4 is 40.3 Å². The number of Topliss-reactive ketones (excluding diaryl/α,β-unsaturated/α-hetero) is 1. The number of benzene rings is 1. The fourth-order valence-electron chi connectivity index (χ4n) is 1.62. The minimum Gasteiger partial charge on any atom is -0.318 e. The zero-order valence-electron chi connectivity index (χ0n) is 9.73. The van der Waals surface area contributed by atoms with Crippen LogP contribution >= 0.6 is 11.8 Å². The summed E-state index contributed by atoms with van der Waals surface area (Å²) in [5, 5.41) is 2.59. The van der Waals surface area contributed by atoms with Gasteiger partial charge < -0.3 is 5.32 Å². The van der Waals surface area contributed by atoms with Gasteiger partial charge in [0.25, 0.3) is 11.7 Å². The first-order valence-electron chi connectivity index (χ1n) is 5.37. The molecule has 1 aromatic carbocycles. The van der Waals surface area contributed by atoms with E-state index in [1.165, 1.54) is 18.7 Å². The van der Waals surface area contributed by atoms with Crippen LogP contribution < -0.4 is 5.32 Å². The summed E-state index contributed by atoms with van der Waals surface area (Å²) in [4.78, 5) is 33.3. The molecule has 18 heavy (non-hydrogen) atoms. The van der Waals surface area contributed by atoms with Crippen molar-refractivity contribution in [1.82, 2.24) is 0 Å². The van der Waals surface area contributed by atoms with Crippen LogP contribution in [0.3, 0.4) is 0 Å². The minimum absolute atomic E-state index is 0.0754. The second-order valence-corrected chi connectivity index (χ2v) is 4.99. The molecule has 0 spiro atoms. The van der Waals surface area contributed by atoms with Crippen LogP contribution in [0.15, 0.2) is 24.3 Å². The quantitative estimate of drug-likeness (QED) is 0.846. The Kier molecular flexibility index (Phi) is 3.62. The van der Waals surface area contributed by atoms with Crippen LogP contribution in [0.4, 0.5) is 5.69 Å². The molecule has 1 N–H and O–H groups in total. The molecule has 1 heterocycles. The number of hydrogen-bond acceptors (Lipinski definition) is 4. The highest BCUT2D eigenvalue weighted by molar-refractivity contribution is 8.13. The van der Waals surface area contributed by atoms with Crippen molar-refractivity contribution in [1.29, 1.82) is 0 Å². The van der Waals surface area contributed by atoms with Crippen molar-refractivity contribution in [2.45, 2.75) is 6.92 Å². The summed E-state index contributed by atoms with van der Waals surface area (Å²) in [7, 11) is 0. The van der Waals surface area contributed by atoms with Gasteiger partial charge in [-0.25, -0.2) is 0 Å². The number of thioether (sulfide) groups is 1. The van der Waals surface area contributed by atoms with Gasteiger partial charge >= 0.3 is 0 Å². The second kappa shape index (κ2) is 5.18. The van der Waals surface area contributed by atoms with Gasteiger partial charge in [-0.2, -0.15) is 0 Å². The lowest BCUT2D eigenvalue weighted by molar-refractivity contribution is -0.112. The molecule has 1 amide bonds. The largest absolute Gasteiger partial charge is 0.318 e. The van der Waals surface area contributed by atoms with Gasteiger partial charge in [-0.3, -0.25) is 14.4 Å². The molecule has 2 rings (SSSR count). The standard InChI is InChI=1S/C13H11NO3S/c1-8(15)18-6-2-3-9-4-5-10-11(7-9)14-13(17)12(10)16/h2-5,7H,6H2,1H3,(H,14,16,17). The Labute approximate surface area is 108 Å². The number of rotatable bonds is 3. The maximum absolute atomic E-state index is 11.4. The van der Waals surface area contributed by atoms with Gasteiger partial charge in [-0.05, 0) is 17.7 Å². The van der Waals surface area contributed by atoms with E-state index in [1.54, 1.807) is 18.2 Å². The maximum Gasteiger partial charge on any atom is 0.296 e. The highest BCUT2D eigenvalue weighted by Gasteiger charge is 2.27. The van der Waals surface area contributed by atoms with E-state index in [2.05, 4.69) is 5.32 Å². The first-order valence-corrected chi connectivity index (χ1v) is 6.36. The number of nitrogens with one attached hydrogen (secondary N) is 1. The molecule has 0 atom stereocenters. The lowest BCUT2D eigenvalue weighted by Gasteiger charge is -1.98. The Morgan fingerprint density at radius 3 is 2.89 bits per heavy atom. The van der Waals surface area contributed by atoms with Gasteiger partial charge in [0.1, 0.15) is 0 Å². The van der Waals surface area contributed by atoms with E-state index in [0.29, 0.717) is 17.0 Å². The highest BCUT2D eigenvalue weighted by atomic mass is 32.2. The van der Waals surface area contributed by atoms with Crippen LogP contribution in [-0.4, -0.2) is 22.6 Å². The molecule has 0 aromatic heterocycles. The first kappa shape index (κ1) is 12.6. The van der Waals surface area contributed by atoms with Crippen molar-refractivity contribution in [2.24, 2.45) is 0 Å². The molecule has 1 aromatic rings. The van der Waals surface area contributed by atoms with Crippen molar-refractivity contribution in [2.75, 3.05) is 11.1 Å². The van der Waals surface area contributed by atoms with Crippen molar-refractivity contribution < 1.29 is 14.4 Å². The molecule has 0 aliphatic carbocycles. The van der Waals surface area contributed by atoms with Crippen LogP contribution in [-0.2, 0) is 9.59 Å². The zero-order valence-corrected chi connectivity index (χ0v) is 10.5. The van der Waals surface area contributed by atoms with Gasteiger partial charge in [0.2, 0.25) is 0 Å². The van der Waals surface area contributed by atoms with E-state index in [0.717, 1.165) is 5.56 Å². The van der Waals surface area contributed by atoms with Crippen LogP contribution in [0, 0.1) is 0 Å². The average molecular weight is 261 g/mol. The Morgan fingerprint density at radius 2 is 2.17 bits per heavy atom. The molecule has 5 heteroatoms. The summed E-state index contributed by atoms with van der Waals surface area (Å²) >= 11 is 1.23. The number of hydrogen-bond donors (Lipinski definition) is 1. The highest BCUT2D eigenvalue weighted by Crippen LogP contribution is 2.24. The van der Waals surface area contributed by atoms with Crippen molar-refractivity contribution in [3.05, 3.63) is 35.4 Å². The molecular formula is C13H11NO3S. The molecule has 0 fully saturated rings. The predicted molar refractivity (Wildman–Crippen MR) is 71.6 cm³/mol. The zero-order chi connectivity index (χ0) is 13.1. The molecule has 0 unspecified atom stereocenters. The maximum atomic E-state index is 11.4. The van der Waals surface area contributed by atoms with Gasteiger partial charge in [-0.1, -0.05) is 30.0 Å². The summed E-state index contributed by atoms with van der Waals surface area (Å²) in [6, 6.07) is 5.15. The van der Waals surface area contributed by atoms with E-state index >= 15 is 0 Å². The number of carbonyl (C=O) groups excluding carboxylic acids is 3. The molecular weight excluding hydrogens is 250 g/mol. The second-order valence-electron chi connectivity index (χ2n) is 3.79. The van der Waals surface area contributed by atoms with Gasteiger partial charge in [0, 0.05) is 12.7 Å². The number of carbonyl (C=O) groups is 3. The van der Waals surface area contributed by atoms with Gasteiger partial charge in [0.15, 0.2) is 5.12 Å². The molecule has 0 radical (unpaired) electrons. The SMILES string of the molecule is CC(=O)SCC=Cc1ccc2c(c1)NC(=O)C2=O. The third-order valence-corrected chi connectivity index (χ3v) is 3.20. The molecule has 4 nitrogen and oxygen atoms in total. The Bertz CT molecular complexity index is 563. The smallest absolute Gasteiger partial charge is 0.296 e. The number of anilines is 1. The van der Waals surface area contributed by atoms with E-state index in [4.69, 9.17) is 0 Å². The van der Waals surface area contributed by atoms with E-state index in [9.17, 15) is 14.4 Å². The van der Waals surface area contributed by atoms with Crippen molar-refractivity contribution in [3.63, 3.8) is 0 Å². The summed E-state index contributed by atoms with van der Waals surface area (Å²) in [5.41, 5.74) is 1.84. The van der Waals surface area contributed by atoms with Crippen molar-refractivity contribution in [3.8, 4) is 0 Å². The first-order chi connectivity index (χ1) is 8.58. The average Bonchev–Trinajstić information content (AvgIpc) is 2.60. The third kappa shape index (κ3) is 2.68. The van der Waals surface area contributed by atoms with Gasteiger partial charge in [0.05, 0.1) is 11.3 Å². The molecule has 1 aliphatic heterocycles. The Hall–Kier alpha value is -1.88. The van der Waals surface area contributed by atoms with Crippen LogP contribution in [0.5, 0.6) is 0 Å². The Morgan fingerprint density at radius 1 is 1.39 bits per heavy atom. The molecule has 0 saturated heterocycles. The third-order valence-electron chi connectivity index (χ3n) is 2.44. The summed E-state index contributed by atoms with van der Waals surface area (Å²) in [6.07, 6.45) is 3.72. The molecule has 0 saturated carbocycles. The predicted octanol–water partition coefficient (Wildman–Crippen LogP) is 2.11. The monoisotopic (exact) mass is 261 g/mol. The van der Waals surface area contributed by atoms with Gasteiger partial charge in [-0.15, -0.1) is 0 Å². The molecule has 1 aliphatic rings. The number of amides is 1. The van der Waals surface area contributed by atoms with E-state index in [1.807, 2.05) is 12.2 Å². The summed E-state index contributed by atoms with van der Waals surface area (Å²) in [6.45, 7) is 1.52. The van der Waals surface area contributed by atoms with Crippen LogP contribution in [0.1, 0.15) is 22.8 Å². The fourth-order valence-corrected chi connectivity index (χ4v) is 2.05. The summed E-state index contributed by atoms with van der Waals surface area (Å²) in [5.74, 6) is -0.469. The number of fused-ring (bicyclic) bond motifs is 1. The van der Waals surface area contributed by atoms with E-state index in [-0.39, 0.29) is 5.12 Å². The number of ketones is 1. The van der Waals surface area contributed by atoms with Crippen LogP contribution in [0.25, 0.3) is 6.08 Å². The summed E-state index contributed by atoms with van der Waals surface area (Å²) < 4.78 is 0. The van der Waals surface area contributed by atoms with Crippen LogP contribution in [0.2, 0.25) is 0 Å². The molecule has 0 bridgehead atoms. The Balaban J connectivity index is 2.09. The lowest BCUT2D eigenvalue weighted by Crippen LogP contribution is -2.12. The molecule has 92 valence electrons. The normalized spacial score (nSPS) is 13.8. The topological polar surface area (TPSA) is 63.2 Å². The minimum atomic E-state index is -0.585. The lowest BCUT2D eigenvalue weighted by atomic mass is 10.1. The fraction of sp³-hybridized carbons (Fsp3) is 0.154.